The molecule has 6 heteroatoms. The number of nitrogens with zero attached hydrogens (tertiary/aromatic N) is 2. The second-order valence-corrected chi connectivity index (χ2v) is 7.35. The van der Waals surface area contributed by atoms with Gasteiger partial charge in [0.25, 0.3) is 0 Å². The van der Waals surface area contributed by atoms with Crippen molar-refractivity contribution in [3.05, 3.63) is 28.2 Å². The van der Waals surface area contributed by atoms with Crippen molar-refractivity contribution >= 4 is 21.9 Å². The van der Waals surface area contributed by atoms with Crippen molar-refractivity contribution in [3.63, 3.8) is 0 Å². The quantitative estimate of drug-likeness (QED) is 0.593. The van der Waals surface area contributed by atoms with Gasteiger partial charge in [-0.2, -0.15) is 0 Å². The molecule has 1 heterocycles. The summed E-state index contributed by atoms with van der Waals surface area (Å²) in [5.74, 6) is 1.73. The van der Waals surface area contributed by atoms with Gasteiger partial charge in [-0.15, -0.1) is 0 Å². The molecule has 0 spiro atoms. The highest BCUT2D eigenvalue weighted by Crippen LogP contribution is 2.22. The second-order valence-electron chi connectivity index (χ2n) is 6.43. The minimum absolute atomic E-state index is 0.482. The molecular weight excluding hydrogens is 368 g/mol. The zero-order valence-corrected chi connectivity index (χ0v) is 16.7. The first kappa shape index (κ1) is 19.1. The Balaban J connectivity index is 1.86. The smallest absolute Gasteiger partial charge is 0.191 e. The van der Waals surface area contributed by atoms with E-state index in [1.807, 2.05) is 19.2 Å². The first-order chi connectivity index (χ1) is 11.5. The second kappa shape index (κ2) is 9.28. The van der Waals surface area contributed by atoms with Crippen LogP contribution in [0.4, 0.5) is 0 Å². The highest BCUT2D eigenvalue weighted by atomic mass is 79.9. The molecule has 0 bridgehead atoms. The number of aliphatic imine (C=N–C) groups is 1. The molecule has 1 aliphatic rings. The molecule has 134 valence electrons. The van der Waals surface area contributed by atoms with Gasteiger partial charge in [-0.25, -0.2) is 0 Å². The molecule has 0 unspecified atom stereocenters. The van der Waals surface area contributed by atoms with Crippen LogP contribution >= 0.6 is 15.9 Å². The standard InChI is InChI=1S/C18H29BrN4O/c1-13(2)23-9-7-16(8-10-23)22-18(20-3)21-12-14-11-15(19)5-6-17(14)24-4/h5-6,11,13,16H,7-10,12H2,1-4H3,(H2,20,21,22). The number of rotatable bonds is 5. The van der Waals surface area contributed by atoms with E-state index in [9.17, 15) is 0 Å². The molecule has 0 atom stereocenters. The minimum Gasteiger partial charge on any atom is -0.496 e. The monoisotopic (exact) mass is 396 g/mol. The molecule has 1 aromatic rings. The van der Waals surface area contributed by atoms with Crippen molar-refractivity contribution in [3.8, 4) is 5.75 Å². The van der Waals surface area contributed by atoms with Crippen LogP contribution in [0.1, 0.15) is 32.3 Å². The first-order valence-corrected chi connectivity index (χ1v) is 9.36. The number of benzene rings is 1. The summed E-state index contributed by atoms with van der Waals surface area (Å²) in [6.45, 7) is 7.49. The van der Waals surface area contributed by atoms with E-state index in [1.165, 1.54) is 0 Å². The van der Waals surface area contributed by atoms with E-state index < -0.39 is 0 Å². The minimum atomic E-state index is 0.482. The summed E-state index contributed by atoms with van der Waals surface area (Å²) >= 11 is 3.51. The molecule has 0 radical (unpaired) electrons. The molecule has 1 fully saturated rings. The van der Waals surface area contributed by atoms with Crippen LogP contribution in [-0.2, 0) is 6.54 Å². The molecule has 0 aliphatic carbocycles. The summed E-state index contributed by atoms with van der Waals surface area (Å²) in [6.07, 6.45) is 2.30. The molecular formula is C18H29BrN4O. The van der Waals surface area contributed by atoms with E-state index in [2.05, 4.69) is 56.4 Å². The molecule has 0 amide bonds. The Bertz CT molecular complexity index is 554. The van der Waals surface area contributed by atoms with Crippen LogP contribution in [0, 0.1) is 0 Å². The van der Waals surface area contributed by atoms with Crippen LogP contribution in [0.3, 0.4) is 0 Å². The van der Waals surface area contributed by atoms with E-state index >= 15 is 0 Å². The Morgan fingerprint density at radius 3 is 2.67 bits per heavy atom. The summed E-state index contributed by atoms with van der Waals surface area (Å²) in [7, 11) is 3.51. The lowest BCUT2D eigenvalue weighted by molar-refractivity contribution is 0.167. The van der Waals surface area contributed by atoms with E-state index in [0.717, 1.165) is 47.7 Å². The molecule has 5 nitrogen and oxygen atoms in total. The number of methoxy groups -OCH3 is 1. The van der Waals surface area contributed by atoms with Crippen LogP contribution < -0.4 is 15.4 Å². The van der Waals surface area contributed by atoms with Crippen molar-refractivity contribution in [2.24, 2.45) is 4.99 Å². The summed E-state index contributed by atoms with van der Waals surface area (Å²) in [5.41, 5.74) is 1.10. The van der Waals surface area contributed by atoms with E-state index in [0.29, 0.717) is 18.6 Å². The largest absolute Gasteiger partial charge is 0.496 e. The van der Waals surface area contributed by atoms with Crippen LogP contribution in [0.15, 0.2) is 27.7 Å². The fourth-order valence-electron chi connectivity index (χ4n) is 3.01. The number of hydrogen-bond acceptors (Lipinski definition) is 3. The topological polar surface area (TPSA) is 48.9 Å². The van der Waals surface area contributed by atoms with Gasteiger partial charge in [0, 0.05) is 48.8 Å². The highest BCUT2D eigenvalue weighted by molar-refractivity contribution is 9.10. The predicted octanol–water partition coefficient (Wildman–Crippen LogP) is 3.00. The maximum Gasteiger partial charge on any atom is 0.191 e. The van der Waals surface area contributed by atoms with Gasteiger partial charge < -0.3 is 20.3 Å². The Labute approximate surface area is 154 Å². The average molecular weight is 397 g/mol. The van der Waals surface area contributed by atoms with Crippen molar-refractivity contribution in [2.75, 3.05) is 27.2 Å². The van der Waals surface area contributed by atoms with Crippen molar-refractivity contribution in [2.45, 2.75) is 45.3 Å². The molecule has 2 rings (SSSR count). The molecule has 0 aromatic heterocycles. The zero-order chi connectivity index (χ0) is 17.5. The summed E-state index contributed by atoms with van der Waals surface area (Å²) < 4.78 is 6.47. The van der Waals surface area contributed by atoms with Crippen LogP contribution in [0.2, 0.25) is 0 Å². The average Bonchev–Trinajstić information content (AvgIpc) is 2.59. The number of likely N-dealkylation sites (tertiary alicyclic amines) is 1. The van der Waals surface area contributed by atoms with Gasteiger partial charge in [-0.3, -0.25) is 4.99 Å². The normalized spacial score (nSPS) is 17.2. The highest BCUT2D eigenvalue weighted by Gasteiger charge is 2.21. The number of nitrogens with one attached hydrogen (secondary N) is 2. The molecule has 1 aromatic carbocycles. The van der Waals surface area contributed by atoms with Crippen LogP contribution in [0.25, 0.3) is 0 Å². The lowest BCUT2D eigenvalue weighted by Gasteiger charge is -2.35. The van der Waals surface area contributed by atoms with Gasteiger partial charge in [0.2, 0.25) is 0 Å². The zero-order valence-electron chi connectivity index (χ0n) is 15.1. The lowest BCUT2D eigenvalue weighted by atomic mass is 10.0. The van der Waals surface area contributed by atoms with Gasteiger partial charge in [0.15, 0.2) is 5.96 Å². The van der Waals surface area contributed by atoms with Gasteiger partial charge in [0.05, 0.1) is 7.11 Å². The maximum atomic E-state index is 5.42. The fourth-order valence-corrected chi connectivity index (χ4v) is 3.42. The molecule has 0 saturated carbocycles. The fraction of sp³-hybridized carbons (Fsp3) is 0.611. The van der Waals surface area contributed by atoms with Crippen molar-refractivity contribution in [1.82, 2.24) is 15.5 Å². The molecule has 1 saturated heterocycles. The third kappa shape index (κ3) is 5.38. The van der Waals surface area contributed by atoms with E-state index in [-0.39, 0.29) is 0 Å². The van der Waals surface area contributed by atoms with Crippen LogP contribution in [0.5, 0.6) is 5.75 Å². The van der Waals surface area contributed by atoms with Gasteiger partial charge >= 0.3 is 0 Å². The maximum absolute atomic E-state index is 5.42. The number of piperidine rings is 1. The van der Waals surface area contributed by atoms with Crippen molar-refractivity contribution in [1.29, 1.82) is 0 Å². The molecule has 24 heavy (non-hydrogen) atoms. The van der Waals surface area contributed by atoms with Crippen molar-refractivity contribution < 1.29 is 4.74 Å². The van der Waals surface area contributed by atoms with Gasteiger partial charge in [0.1, 0.15) is 5.75 Å². The first-order valence-electron chi connectivity index (χ1n) is 8.57. The SMILES string of the molecule is CN=C(NCc1cc(Br)ccc1OC)NC1CCN(C(C)C)CC1. The Morgan fingerprint density at radius 2 is 2.08 bits per heavy atom. The third-order valence-electron chi connectivity index (χ3n) is 4.51. The van der Waals surface area contributed by atoms with E-state index in [4.69, 9.17) is 4.74 Å². The molecule has 1 aliphatic heterocycles. The predicted molar refractivity (Wildman–Crippen MR) is 104 cm³/mol. The summed E-state index contributed by atoms with van der Waals surface area (Å²) in [4.78, 5) is 6.89. The van der Waals surface area contributed by atoms with Crippen LogP contribution in [-0.4, -0.2) is 50.2 Å². The number of guanidine groups is 1. The Morgan fingerprint density at radius 1 is 1.38 bits per heavy atom. The van der Waals surface area contributed by atoms with Gasteiger partial charge in [-0.1, -0.05) is 15.9 Å². The number of hydrogen-bond donors (Lipinski definition) is 2. The molecule has 2 N–H and O–H groups in total. The Kier molecular flexibility index (Phi) is 7.37. The summed E-state index contributed by atoms with van der Waals surface area (Å²) in [6, 6.07) is 7.14. The third-order valence-corrected chi connectivity index (χ3v) is 5.01. The summed E-state index contributed by atoms with van der Waals surface area (Å²) in [5, 5.41) is 6.94. The number of halogens is 1. The van der Waals surface area contributed by atoms with Gasteiger partial charge in [-0.05, 0) is 44.9 Å². The van der Waals surface area contributed by atoms with E-state index in [1.54, 1.807) is 7.11 Å². The number of ether oxygens (including phenoxy) is 1. The lowest BCUT2D eigenvalue weighted by Crippen LogP contribution is -2.49. The Hall–Kier alpha value is -1.27.